The van der Waals surface area contributed by atoms with Crippen LogP contribution in [0.5, 0.6) is 0 Å². The van der Waals surface area contributed by atoms with Crippen molar-refractivity contribution in [3.63, 3.8) is 0 Å². The van der Waals surface area contributed by atoms with Gasteiger partial charge < -0.3 is 10.2 Å². The fourth-order valence-corrected chi connectivity index (χ4v) is 3.47. The fourth-order valence-electron chi connectivity index (χ4n) is 2.36. The summed E-state index contributed by atoms with van der Waals surface area (Å²) < 4.78 is 0. The predicted molar refractivity (Wildman–Crippen MR) is 83.7 cm³/mol. The minimum atomic E-state index is 0. The van der Waals surface area contributed by atoms with E-state index in [9.17, 15) is 4.79 Å². The maximum absolute atomic E-state index is 12.2. The van der Waals surface area contributed by atoms with Crippen molar-refractivity contribution >= 4 is 41.3 Å². The summed E-state index contributed by atoms with van der Waals surface area (Å²) in [7, 11) is 1.98. The average Bonchev–Trinajstić information content (AvgIpc) is 2.82. The van der Waals surface area contributed by atoms with Gasteiger partial charge in [0.1, 0.15) is 4.88 Å². The van der Waals surface area contributed by atoms with Crippen LogP contribution >= 0.6 is 35.3 Å². The average molecular weight is 323 g/mol. The molecule has 0 atom stereocenters. The fraction of sp³-hybridized carbons (Fsp3) is 0.615. The molecule has 1 N–H and O–H groups in total. The van der Waals surface area contributed by atoms with E-state index in [1.165, 1.54) is 17.8 Å². The van der Waals surface area contributed by atoms with Crippen molar-refractivity contribution in [2.24, 2.45) is 5.92 Å². The summed E-state index contributed by atoms with van der Waals surface area (Å²) in [6.07, 6.45) is 3.42. The summed E-state index contributed by atoms with van der Waals surface area (Å²) in [4.78, 5) is 14.9. The van der Waals surface area contributed by atoms with Gasteiger partial charge >= 0.3 is 0 Å². The van der Waals surface area contributed by atoms with Gasteiger partial charge in [-0.2, -0.15) is 0 Å². The molecule has 1 aliphatic heterocycles. The molecule has 1 saturated heterocycles. The Morgan fingerprint density at radius 3 is 2.74 bits per heavy atom. The number of halogens is 2. The summed E-state index contributed by atoms with van der Waals surface area (Å²) in [6.45, 7) is 2.79. The van der Waals surface area contributed by atoms with E-state index < -0.39 is 0 Å². The van der Waals surface area contributed by atoms with Crippen LogP contribution < -0.4 is 5.32 Å². The van der Waals surface area contributed by atoms with Crippen molar-refractivity contribution in [1.29, 1.82) is 0 Å². The van der Waals surface area contributed by atoms with Gasteiger partial charge in [-0.05, 0) is 50.2 Å². The first kappa shape index (κ1) is 16.8. The van der Waals surface area contributed by atoms with Gasteiger partial charge in [-0.1, -0.05) is 11.6 Å². The molecule has 108 valence electrons. The van der Waals surface area contributed by atoms with E-state index in [1.54, 1.807) is 6.07 Å². The molecule has 1 aromatic rings. The number of carbonyl (C=O) groups is 1. The minimum absolute atomic E-state index is 0. The lowest BCUT2D eigenvalue weighted by Crippen LogP contribution is -2.38. The first-order chi connectivity index (χ1) is 8.72. The lowest BCUT2D eigenvalue weighted by atomic mass is 9.93. The van der Waals surface area contributed by atoms with E-state index in [2.05, 4.69) is 5.32 Å². The first-order valence-corrected chi connectivity index (χ1v) is 7.65. The Morgan fingerprint density at radius 1 is 1.53 bits per heavy atom. The number of nitrogens with zero attached hydrogens (tertiary/aromatic N) is 1. The highest BCUT2D eigenvalue weighted by molar-refractivity contribution is 7.12. The molecule has 1 aromatic heterocycles. The molecule has 0 spiro atoms. The molecule has 1 amide bonds. The van der Waals surface area contributed by atoms with Gasteiger partial charge in [-0.15, -0.1) is 23.7 Å². The minimum Gasteiger partial charge on any atom is -0.338 e. The van der Waals surface area contributed by atoms with Crippen molar-refractivity contribution in [1.82, 2.24) is 10.2 Å². The normalized spacial score (nSPS) is 16.2. The van der Waals surface area contributed by atoms with Crippen molar-refractivity contribution in [3.05, 3.63) is 21.3 Å². The molecule has 19 heavy (non-hydrogen) atoms. The Balaban J connectivity index is 0.00000180. The van der Waals surface area contributed by atoms with E-state index >= 15 is 0 Å². The van der Waals surface area contributed by atoms with Crippen LogP contribution in [0.2, 0.25) is 5.02 Å². The zero-order chi connectivity index (χ0) is 13.0. The summed E-state index contributed by atoms with van der Waals surface area (Å²) in [5.41, 5.74) is 0. The third kappa shape index (κ3) is 4.35. The molecular weight excluding hydrogens is 303 g/mol. The Hall–Kier alpha value is -0.290. The smallest absolute Gasteiger partial charge is 0.265 e. The van der Waals surface area contributed by atoms with Gasteiger partial charge in [0.15, 0.2) is 0 Å². The predicted octanol–water partition coefficient (Wildman–Crippen LogP) is 3.29. The molecular formula is C13H20Cl2N2OS. The van der Waals surface area contributed by atoms with E-state index in [-0.39, 0.29) is 18.3 Å². The highest BCUT2D eigenvalue weighted by atomic mass is 35.5. The van der Waals surface area contributed by atoms with Crippen molar-refractivity contribution in [2.45, 2.75) is 19.3 Å². The molecule has 1 fully saturated rings. The standard InChI is InChI=1S/C13H19ClN2OS.ClH/c1-15-6-2-10-3-7-16(8-4-10)13(17)12-11(14)5-9-18-12;/h5,9-10,15H,2-4,6-8H2,1H3;1H. The molecule has 0 unspecified atom stereocenters. The second-order valence-electron chi connectivity index (χ2n) is 4.73. The lowest BCUT2D eigenvalue weighted by molar-refractivity contribution is 0.0692. The molecule has 0 aromatic carbocycles. The van der Waals surface area contributed by atoms with E-state index in [0.717, 1.165) is 38.4 Å². The Kier molecular flexibility index (Phi) is 7.15. The van der Waals surface area contributed by atoms with Crippen molar-refractivity contribution in [3.8, 4) is 0 Å². The zero-order valence-electron chi connectivity index (χ0n) is 11.0. The zero-order valence-corrected chi connectivity index (χ0v) is 13.4. The molecule has 0 saturated carbocycles. The van der Waals surface area contributed by atoms with Gasteiger partial charge in [-0.3, -0.25) is 4.79 Å². The molecule has 0 radical (unpaired) electrons. The number of carbonyl (C=O) groups excluding carboxylic acids is 1. The van der Waals surface area contributed by atoms with E-state index in [4.69, 9.17) is 11.6 Å². The summed E-state index contributed by atoms with van der Waals surface area (Å²) >= 11 is 7.44. The summed E-state index contributed by atoms with van der Waals surface area (Å²) in [5, 5.41) is 5.64. The van der Waals surface area contributed by atoms with Gasteiger partial charge in [0.25, 0.3) is 5.91 Å². The SMILES string of the molecule is CNCCC1CCN(C(=O)c2sccc2Cl)CC1.Cl. The van der Waals surface area contributed by atoms with Crippen LogP contribution in [0.4, 0.5) is 0 Å². The quantitative estimate of drug-likeness (QED) is 0.922. The molecule has 2 rings (SSSR count). The van der Waals surface area contributed by atoms with E-state index in [1.807, 2.05) is 17.3 Å². The van der Waals surface area contributed by atoms with Crippen LogP contribution in [0.15, 0.2) is 11.4 Å². The van der Waals surface area contributed by atoms with Gasteiger partial charge in [0, 0.05) is 13.1 Å². The molecule has 0 aliphatic carbocycles. The molecule has 1 aliphatic rings. The number of hydrogen-bond acceptors (Lipinski definition) is 3. The maximum Gasteiger partial charge on any atom is 0.265 e. The first-order valence-electron chi connectivity index (χ1n) is 6.39. The summed E-state index contributed by atoms with van der Waals surface area (Å²) in [6, 6.07) is 1.79. The highest BCUT2D eigenvalue weighted by Crippen LogP contribution is 2.26. The molecule has 6 heteroatoms. The number of amides is 1. The van der Waals surface area contributed by atoms with Crippen LogP contribution in [0, 0.1) is 5.92 Å². The second kappa shape index (κ2) is 8.10. The Bertz CT molecular complexity index is 403. The van der Waals surface area contributed by atoms with Gasteiger partial charge in [-0.25, -0.2) is 0 Å². The van der Waals surface area contributed by atoms with Crippen LogP contribution in [-0.2, 0) is 0 Å². The number of hydrogen-bond donors (Lipinski definition) is 1. The number of thiophene rings is 1. The Labute approximate surface area is 129 Å². The van der Waals surface area contributed by atoms with Crippen LogP contribution in [0.3, 0.4) is 0 Å². The topological polar surface area (TPSA) is 32.3 Å². The van der Waals surface area contributed by atoms with Crippen LogP contribution in [-0.4, -0.2) is 37.5 Å². The maximum atomic E-state index is 12.2. The second-order valence-corrected chi connectivity index (χ2v) is 6.05. The lowest BCUT2D eigenvalue weighted by Gasteiger charge is -2.31. The number of likely N-dealkylation sites (tertiary alicyclic amines) is 1. The molecule has 2 heterocycles. The Morgan fingerprint density at radius 2 is 2.21 bits per heavy atom. The highest BCUT2D eigenvalue weighted by Gasteiger charge is 2.25. The third-order valence-corrected chi connectivity index (χ3v) is 4.85. The van der Waals surface area contributed by atoms with Crippen LogP contribution in [0.25, 0.3) is 0 Å². The molecule has 3 nitrogen and oxygen atoms in total. The van der Waals surface area contributed by atoms with Gasteiger partial charge in [0.05, 0.1) is 5.02 Å². The largest absolute Gasteiger partial charge is 0.338 e. The third-order valence-electron chi connectivity index (χ3n) is 3.52. The van der Waals surface area contributed by atoms with Crippen LogP contribution in [0.1, 0.15) is 28.9 Å². The number of nitrogens with one attached hydrogen (secondary N) is 1. The number of rotatable bonds is 4. The van der Waals surface area contributed by atoms with E-state index in [0.29, 0.717) is 9.90 Å². The van der Waals surface area contributed by atoms with Crippen molar-refractivity contribution in [2.75, 3.05) is 26.7 Å². The van der Waals surface area contributed by atoms with Crippen molar-refractivity contribution < 1.29 is 4.79 Å². The molecule has 0 bridgehead atoms. The monoisotopic (exact) mass is 322 g/mol. The summed E-state index contributed by atoms with van der Waals surface area (Å²) in [5.74, 6) is 0.849. The number of piperidine rings is 1. The van der Waals surface area contributed by atoms with Gasteiger partial charge in [0.2, 0.25) is 0 Å².